The summed E-state index contributed by atoms with van der Waals surface area (Å²) in [6, 6.07) is 0. The number of hydrogen-bond donors (Lipinski definition) is 0. The molecule has 0 spiro atoms. The molecule has 2 rings (SSSR count). The van der Waals surface area contributed by atoms with Crippen molar-refractivity contribution in [2.24, 2.45) is 11.8 Å². The lowest BCUT2D eigenvalue weighted by molar-refractivity contribution is -0.146. The molecule has 2 aliphatic rings. The second-order valence-corrected chi connectivity index (χ2v) is 5.21. The maximum Gasteiger partial charge on any atom is 0.345 e. The van der Waals surface area contributed by atoms with E-state index in [-0.39, 0.29) is 24.7 Å². The molecule has 4 heteroatoms. The van der Waals surface area contributed by atoms with E-state index < -0.39 is 11.9 Å². The molecule has 110 valence electrons. The zero-order valence-corrected chi connectivity index (χ0v) is 12.4. The van der Waals surface area contributed by atoms with E-state index in [4.69, 9.17) is 9.47 Å². The highest BCUT2D eigenvalue weighted by molar-refractivity contribution is 6.15. The van der Waals surface area contributed by atoms with Gasteiger partial charge in [0.25, 0.3) is 0 Å². The molecule has 0 aromatic heterocycles. The average Bonchev–Trinajstić information content (AvgIpc) is 2.73. The number of ether oxygens (including phenoxy) is 2. The van der Waals surface area contributed by atoms with Crippen LogP contribution < -0.4 is 0 Å². The van der Waals surface area contributed by atoms with E-state index in [0.717, 1.165) is 24.8 Å². The van der Waals surface area contributed by atoms with Crippen LogP contribution in [0.15, 0.2) is 22.8 Å². The van der Waals surface area contributed by atoms with E-state index in [2.05, 4.69) is 13.0 Å². The first-order valence-corrected chi connectivity index (χ1v) is 7.39. The van der Waals surface area contributed by atoms with E-state index in [9.17, 15) is 9.59 Å². The highest BCUT2D eigenvalue weighted by Gasteiger charge is 2.43. The van der Waals surface area contributed by atoms with Gasteiger partial charge in [0.05, 0.1) is 13.2 Å². The standard InChI is InChI=1S/C16H22O4/c1-4-10-7-11-9-13(12(11)8-10)14(15(17)19-5-2)16(18)20-6-3/h8,11-12H,4-7,9H2,1-3H3. The van der Waals surface area contributed by atoms with Crippen LogP contribution in [0.1, 0.15) is 40.0 Å². The van der Waals surface area contributed by atoms with E-state index in [1.54, 1.807) is 13.8 Å². The third-order valence-corrected chi connectivity index (χ3v) is 4.07. The van der Waals surface area contributed by atoms with Crippen molar-refractivity contribution in [3.63, 3.8) is 0 Å². The molecule has 0 bridgehead atoms. The number of allylic oxidation sites excluding steroid dienone is 3. The zero-order valence-electron chi connectivity index (χ0n) is 12.4. The molecule has 4 nitrogen and oxygen atoms in total. The van der Waals surface area contributed by atoms with Crippen LogP contribution in [-0.4, -0.2) is 25.2 Å². The maximum absolute atomic E-state index is 12.0. The number of esters is 2. The molecular weight excluding hydrogens is 256 g/mol. The topological polar surface area (TPSA) is 52.6 Å². The Hall–Kier alpha value is -1.58. The SMILES string of the molecule is CCOC(=O)C(C(=O)OCC)=C1CC2CC(CC)=CC12. The van der Waals surface area contributed by atoms with Crippen LogP contribution >= 0.6 is 0 Å². The first kappa shape index (κ1) is 14.8. The van der Waals surface area contributed by atoms with Crippen molar-refractivity contribution >= 4 is 11.9 Å². The number of fused-ring (bicyclic) bond motifs is 1. The Balaban J connectivity index is 2.27. The summed E-state index contributed by atoms with van der Waals surface area (Å²) < 4.78 is 10.0. The van der Waals surface area contributed by atoms with Crippen molar-refractivity contribution in [3.05, 3.63) is 22.8 Å². The van der Waals surface area contributed by atoms with Crippen molar-refractivity contribution in [1.29, 1.82) is 0 Å². The number of hydrogen-bond acceptors (Lipinski definition) is 4. The van der Waals surface area contributed by atoms with E-state index in [1.165, 1.54) is 5.57 Å². The van der Waals surface area contributed by atoms with Gasteiger partial charge in [0.1, 0.15) is 5.57 Å². The fourth-order valence-electron chi connectivity index (χ4n) is 3.05. The fraction of sp³-hybridized carbons (Fsp3) is 0.625. The monoisotopic (exact) mass is 278 g/mol. The zero-order chi connectivity index (χ0) is 14.7. The van der Waals surface area contributed by atoms with Crippen LogP contribution in [0, 0.1) is 11.8 Å². The maximum atomic E-state index is 12.0. The van der Waals surface area contributed by atoms with Gasteiger partial charge < -0.3 is 9.47 Å². The Morgan fingerprint density at radius 1 is 1.10 bits per heavy atom. The predicted octanol–water partition coefficient (Wildman–Crippen LogP) is 2.79. The Labute approximate surface area is 119 Å². The van der Waals surface area contributed by atoms with Gasteiger partial charge in [-0.15, -0.1) is 0 Å². The van der Waals surface area contributed by atoms with Gasteiger partial charge in [-0.05, 0) is 44.6 Å². The molecule has 0 N–H and O–H groups in total. The van der Waals surface area contributed by atoms with Gasteiger partial charge in [-0.25, -0.2) is 9.59 Å². The summed E-state index contributed by atoms with van der Waals surface area (Å²) in [6.07, 6.45) is 5.14. The summed E-state index contributed by atoms with van der Waals surface area (Å²) >= 11 is 0. The van der Waals surface area contributed by atoms with Crippen LogP contribution in [0.25, 0.3) is 0 Å². The molecule has 0 saturated heterocycles. The lowest BCUT2D eigenvalue weighted by Crippen LogP contribution is -2.31. The molecule has 0 aromatic rings. The Morgan fingerprint density at radius 3 is 2.20 bits per heavy atom. The third kappa shape index (κ3) is 2.65. The van der Waals surface area contributed by atoms with Crippen molar-refractivity contribution in [2.75, 3.05) is 13.2 Å². The quantitative estimate of drug-likeness (QED) is 0.255. The summed E-state index contributed by atoms with van der Waals surface area (Å²) in [7, 11) is 0. The molecule has 2 aliphatic carbocycles. The van der Waals surface area contributed by atoms with Crippen molar-refractivity contribution in [2.45, 2.75) is 40.0 Å². The molecule has 0 heterocycles. The number of carbonyl (C=O) groups is 2. The molecule has 0 radical (unpaired) electrons. The fourth-order valence-corrected chi connectivity index (χ4v) is 3.05. The first-order chi connectivity index (χ1) is 9.62. The summed E-state index contributed by atoms with van der Waals surface area (Å²) in [6.45, 7) is 6.13. The minimum atomic E-state index is -0.544. The van der Waals surface area contributed by atoms with Crippen LogP contribution in [0.3, 0.4) is 0 Å². The van der Waals surface area contributed by atoms with E-state index in [1.807, 2.05) is 0 Å². The highest BCUT2D eigenvalue weighted by Crippen LogP contribution is 2.51. The third-order valence-electron chi connectivity index (χ3n) is 4.07. The lowest BCUT2D eigenvalue weighted by Gasteiger charge is -2.35. The summed E-state index contributed by atoms with van der Waals surface area (Å²) in [4.78, 5) is 24.1. The van der Waals surface area contributed by atoms with Gasteiger partial charge in [-0.2, -0.15) is 0 Å². The highest BCUT2D eigenvalue weighted by atomic mass is 16.6. The van der Waals surface area contributed by atoms with Gasteiger partial charge in [0.2, 0.25) is 0 Å². The van der Waals surface area contributed by atoms with Gasteiger partial charge >= 0.3 is 11.9 Å². The predicted molar refractivity (Wildman–Crippen MR) is 74.9 cm³/mol. The largest absolute Gasteiger partial charge is 0.462 e. The van der Waals surface area contributed by atoms with Gasteiger partial charge in [-0.1, -0.05) is 18.6 Å². The van der Waals surface area contributed by atoms with Crippen molar-refractivity contribution in [3.8, 4) is 0 Å². The Morgan fingerprint density at radius 2 is 1.70 bits per heavy atom. The number of rotatable bonds is 5. The molecule has 0 amide bonds. The summed E-state index contributed by atoms with van der Waals surface area (Å²) in [5, 5.41) is 0. The summed E-state index contributed by atoms with van der Waals surface area (Å²) in [5.74, 6) is -0.303. The molecule has 1 fully saturated rings. The minimum Gasteiger partial charge on any atom is -0.462 e. The second kappa shape index (κ2) is 6.25. The Bertz CT molecular complexity index is 453. The van der Waals surface area contributed by atoms with Crippen LogP contribution in [0.4, 0.5) is 0 Å². The van der Waals surface area contributed by atoms with Gasteiger partial charge in [0.15, 0.2) is 0 Å². The van der Waals surface area contributed by atoms with Crippen molar-refractivity contribution < 1.29 is 19.1 Å². The van der Waals surface area contributed by atoms with Gasteiger partial charge in [0, 0.05) is 5.92 Å². The molecular formula is C16H22O4. The molecule has 2 unspecified atom stereocenters. The first-order valence-electron chi connectivity index (χ1n) is 7.39. The molecule has 0 aromatic carbocycles. The van der Waals surface area contributed by atoms with Crippen LogP contribution in [0.2, 0.25) is 0 Å². The van der Waals surface area contributed by atoms with E-state index >= 15 is 0 Å². The minimum absolute atomic E-state index is 0.128. The normalized spacial score (nSPS) is 23.6. The van der Waals surface area contributed by atoms with Crippen LogP contribution in [0.5, 0.6) is 0 Å². The molecule has 20 heavy (non-hydrogen) atoms. The molecule has 0 aliphatic heterocycles. The van der Waals surface area contributed by atoms with E-state index in [0.29, 0.717) is 5.92 Å². The smallest absolute Gasteiger partial charge is 0.345 e. The summed E-state index contributed by atoms with van der Waals surface area (Å²) in [5.41, 5.74) is 2.45. The Kier molecular flexibility index (Phi) is 4.63. The molecule has 1 saturated carbocycles. The van der Waals surface area contributed by atoms with Crippen LogP contribution in [-0.2, 0) is 19.1 Å². The average molecular weight is 278 g/mol. The lowest BCUT2D eigenvalue weighted by atomic mass is 9.69. The van der Waals surface area contributed by atoms with Crippen molar-refractivity contribution in [1.82, 2.24) is 0 Å². The second-order valence-electron chi connectivity index (χ2n) is 5.21. The molecule has 2 atom stereocenters. The number of carbonyl (C=O) groups excluding carboxylic acids is 2. The van der Waals surface area contributed by atoms with Gasteiger partial charge in [-0.3, -0.25) is 0 Å².